The van der Waals surface area contributed by atoms with Crippen LogP contribution in [0, 0.1) is 0 Å². The number of fused-ring (bicyclic) bond motifs is 15. The molecule has 0 spiro atoms. The van der Waals surface area contributed by atoms with Crippen LogP contribution in [0.3, 0.4) is 0 Å². The van der Waals surface area contributed by atoms with Crippen LogP contribution in [0.5, 0.6) is 0 Å². The second-order valence-corrected chi connectivity index (χ2v) is 10.2. The number of rotatable bonds is 0. The predicted molar refractivity (Wildman–Crippen MR) is 161 cm³/mol. The number of anilines is 2. The molecule has 2 aliphatic carbocycles. The molecule has 9 rings (SSSR count). The first-order valence-corrected chi connectivity index (χ1v) is 13.4. The maximum absolute atomic E-state index is 5.05. The van der Waals surface area contributed by atoms with Crippen molar-refractivity contribution < 1.29 is 0 Å². The van der Waals surface area contributed by atoms with Crippen molar-refractivity contribution in [2.75, 3.05) is 10.6 Å². The van der Waals surface area contributed by atoms with Gasteiger partial charge in [0.05, 0.1) is 0 Å². The van der Waals surface area contributed by atoms with Gasteiger partial charge in [0, 0.05) is 44.2 Å². The fourth-order valence-corrected chi connectivity index (χ4v) is 5.96. The monoisotopic (exact) mass is 518 g/mol. The van der Waals surface area contributed by atoms with Crippen LogP contribution in [0.2, 0.25) is 0 Å². The van der Waals surface area contributed by atoms with Gasteiger partial charge in [-0.1, -0.05) is 85.0 Å². The average Bonchev–Trinajstić information content (AvgIpc) is 3.73. The van der Waals surface area contributed by atoms with Gasteiger partial charge >= 0.3 is 0 Å². The lowest BCUT2D eigenvalue weighted by atomic mass is 9.99. The molecule has 5 heterocycles. The van der Waals surface area contributed by atoms with Crippen molar-refractivity contribution in [3.63, 3.8) is 0 Å². The lowest BCUT2D eigenvalue weighted by Gasteiger charge is -2.12. The number of hydrogen-bond acceptors (Lipinski definition) is 7. The first-order valence-electron chi connectivity index (χ1n) is 13.4. The third kappa shape index (κ3) is 3.07. The Hall–Kier alpha value is -5.50. The zero-order valence-corrected chi connectivity index (χ0v) is 21.3. The van der Waals surface area contributed by atoms with E-state index in [1.54, 1.807) is 0 Å². The molecule has 0 fully saturated rings. The minimum atomic E-state index is 0.633. The standard InChI is InChI=1S/C32H22N8/c1-2-10-18-17(9-1)25-33-26(18)38-28-21-13-5-6-14-22(21)30(35-28)40-32-24-16-8-7-15-23(24)31(36-32)39-29-20-12-4-3-11-19(20)27(34-29)37-25/h1-7,10-16,35H,8-9H2,(H,33,38)(H,36,40)(H,34,37,39). The molecule has 1 aromatic heterocycles. The van der Waals surface area contributed by atoms with E-state index in [-0.39, 0.29) is 0 Å². The molecule has 40 heavy (non-hydrogen) atoms. The summed E-state index contributed by atoms with van der Waals surface area (Å²) in [5.74, 6) is 6.09. The molecule has 6 aliphatic rings. The number of hydrogen-bond donors (Lipinski definition) is 4. The lowest BCUT2D eigenvalue weighted by Crippen LogP contribution is -2.22. The molecule has 2 aromatic carbocycles. The SMILES string of the molecule is C1=CCC2=C3N=C(Nc4[nH]c(c5ccccc45)NC4=NC(=C5C=CCC=C45)N=C4N=C(N3)c3ccccc34)C2=C1. The maximum atomic E-state index is 5.05. The Balaban J connectivity index is 1.29. The van der Waals surface area contributed by atoms with Crippen LogP contribution in [-0.4, -0.2) is 28.3 Å². The molecule has 190 valence electrons. The number of benzene rings is 2. The number of allylic oxidation sites excluding steroid dienone is 6. The number of aromatic amines is 1. The van der Waals surface area contributed by atoms with E-state index in [4.69, 9.17) is 20.0 Å². The number of amidine groups is 4. The average molecular weight is 519 g/mol. The molecule has 8 nitrogen and oxygen atoms in total. The van der Waals surface area contributed by atoms with Crippen LogP contribution in [0.25, 0.3) is 10.8 Å². The van der Waals surface area contributed by atoms with Gasteiger partial charge in [-0.25, -0.2) is 20.0 Å². The van der Waals surface area contributed by atoms with Crippen LogP contribution in [0.1, 0.15) is 24.0 Å². The highest BCUT2D eigenvalue weighted by atomic mass is 15.2. The Morgan fingerprint density at radius 3 is 2.30 bits per heavy atom. The number of aromatic nitrogens is 1. The number of nitrogens with zero attached hydrogens (tertiary/aromatic N) is 4. The third-order valence-corrected chi connectivity index (χ3v) is 7.85. The van der Waals surface area contributed by atoms with Gasteiger partial charge in [-0.05, 0) is 12.8 Å². The minimum Gasteiger partial charge on any atom is -0.327 e. The molecule has 0 unspecified atom stereocenters. The van der Waals surface area contributed by atoms with E-state index >= 15 is 0 Å². The Kier molecular flexibility index (Phi) is 4.29. The molecular formula is C32H22N8. The van der Waals surface area contributed by atoms with Gasteiger partial charge < -0.3 is 20.9 Å². The van der Waals surface area contributed by atoms with Gasteiger partial charge in [0.25, 0.3) is 0 Å². The van der Waals surface area contributed by atoms with E-state index in [0.29, 0.717) is 11.7 Å². The fraction of sp³-hybridized carbons (Fsp3) is 0.0625. The van der Waals surface area contributed by atoms with E-state index in [2.05, 4.69) is 81.7 Å². The molecule has 4 aliphatic heterocycles. The summed E-state index contributed by atoms with van der Waals surface area (Å²) in [6.07, 6.45) is 14.4. The van der Waals surface area contributed by atoms with Gasteiger partial charge in [0.2, 0.25) is 0 Å². The van der Waals surface area contributed by atoms with Crippen LogP contribution in [0.4, 0.5) is 11.6 Å². The summed E-state index contributed by atoms with van der Waals surface area (Å²) in [6.45, 7) is 0. The summed E-state index contributed by atoms with van der Waals surface area (Å²) < 4.78 is 0. The Morgan fingerprint density at radius 2 is 1.45 bits per heavy atom. The van der Waals surface area contributed by atoms with Crippen LogP contribution in [-0.2, 0) is 0 Å². The summed E-state index contributed by atoms with van der Waals surface area (Å²) in [7, 11) is 0. The number of nitrogens with one attached hydrogen (secondary N) is 4. The highest BCUT2D eigenvalue weighted by Crippen LogP contribution is 2.37. The molecule has 0 atom stereocenters. The van der Waals surface area contributed by atoms with Gasteiger partial charge in [-0.15, -0.1) is 0 Å². The summed E-state index contributed by atoms with van der Waals surface area (Å²) in [5.41, 5.74) is 6.20. The lowest BCUT2D eigenvalue weighted by molar-refractivity contribution is 1.04. The molecule has 3 aromatic rings. The summed E-state index contributed by atoms with van der Waals surface area (Å²) >= 11 is 0. The van der Waals surface area contributed by atoms with Crippen molar-refractivity contribution in [3.8, 4) is 0 Å². The van der Waals surface area contributed by atoms with E-state index in [1.807, 2.05) is 24.3 Å². The van der Waals surface area contributed by atoms with E-state index in [0.717, 1.165) is 92.0 Å². The predicted octanol–water partition coefficient (Wildman–Crippen LogP) is 5.82. The summed E-state index contributed by atoms with van der Waals surface area (Å²) in [4.78, 5) is 23.6. The molecule has 8 heteroatoms. The molecule has 8 bridgehead atoms. The third-order valence-electron chi connectivity index (χ3n) is 7.85. The number of aliphatic imine (C=N–C) groups is 4. The fourth-order valence-electron chi connectivity index (χ4n) is 5.96. The van der Waals surface area contributed by atoms with Crippen molar-refractivity contribution in [1.82, 2.24) is 10.3 Å². The molecule has 0 amide bonds. The zero-order chi connectivity index (χ0) is 26.2. The Bertz CT molecular complexity index is 2020. The van der Waals surface area contributed by atoms with Crippen molar-refractivity contribution in [2.45, 2.75) is 12.8 Å². The number of H-pyrrole nitrogens is 1. The smallest absolute Gasteiger partial charge is 0.164 e. The normalized spacial score (nSPS) is 19.9. The van der Waals surface area contributed by atoms with Crippen LogP contribution < -0.4 is 16.0 Å². The largest absolute Gasteiger partial charge is 0.327 e. The van der Waals surface area contributed by atoms with Crippen LogP contribution in [0.15, 0.2) is 139 Å². The second-order valence-electron chi connectivity index (χ2n) is 10.2. The quantitative estimate of drug-likeness (QED) is 0.302. The summed E-state index contributed by atoms with van der Waals surface area (Å²) in [5, 5.41) is 12.9. The summed E-state index contributed by atoms with van der Waals surface area (Å²) in [6, 6.07) is 16.5. The van der Waals surface area contributed by atoms with Gasteiger partial charge in [0.1, 0.15) is 35.0 Å². The first kappa shape index (κ1) is 21.4. The highest BCUT2D eigenvalue weighted by Gasteiger charge is 2.31. The zero-order valence-electron chi connectivity index (χ0n) is 21.3. The van der Waals surface area contributed by atoms with Crippen molar-refractivity contribution in [3.05, 3.63) is 130 Å². The van der Waals surface area contributed by atoms with Crippen molar-refractivity contribution in [2.24, 2.45) is 20.0 Å². The maximum Gasteiger partial charge on any atom is 0.164 e. The van der Waals surface area contributed by atoms with E-state index in [9.17, 15) is 0 Å². The molecule has 0 saturated heterocycles. The Morgan fingerprint density at radius 1 is 0.675 bits per heavy atom. The molecule has 4 N–H and O–H groups in total. The van der Waals surface area contributed by atoms with Gasteiger partial charge in [-0.3, -0.25) is 0 Å². The topological polar surface area (TPSA) is 101 Å². The van der Waals surface area contributed by atoms with Gasteiger partial charge in [0.15, 0.2) is 11.7 Å². The van der Waals surface area contributed by atoms with Crippen molar-refractivity contribution >= 4 is 45.8 Å². The Labute approximate surface area is 229 Å². The van der Waals surface area contributed by atoms with E-state index < -0.39 is 0 Å². The minimum absolute atomic E-state index is 0.633. The molecule has 0 saturated carbocycles. The van der Waals surface area contributed by atoms with E-state index in [1.165, 1.54) is 0 Å². The van der Waals surface area contributed by atoms with Crippen molar-refractivity contribution in [1.29, 1.82) is 0 Å². The van der Waals surface area contributed by atoms with Gasteiger partial charge in [-0.2, -0.15) is 0 Å². The molecular weight excluding hydrogens is 496 g/mol. The first-order chi connectivity index (χ1) is 19.8. The van der Waals surface area contributed by atoms with Crippen LogP contribution >= 0.6 is 0 Å². The second kappa shape index (κ2) is 8.00. The highest BCUT2D eigenvalue weighted by molar-refractivity contribution is 6.24. The molecule has 0 radical (unpaired) electrons.